The van der Waals surface area contributed by atoms with Gasteiger partial charge in [-0.25, -0.2) is 13.7 Å². The van der Waals surface area contributed by atoms with Crippen LogP contribution in [0.4, 0.5) is 0 Å². The van der Waals surface area contributed by atoms with Gasteiger partial charge in [-0.15, -0.1) is 0 Å². The van der Waals surface area contributed by atoms with E-state index in [1.165, 1.54) is 104 Å². The molecule has 3 heterocycles. The molecule has 60 heavy (non-hydrogen) atoms. The van der Waals surface area contributed by atoms with E-state index in [1.807, 2.05) is 0 Å². The highest BCUT2D eigenvalue weighted by atomic mass is 14.9. The number of nitrogens with zero attached hydrogens (tertiary/aromatic N) is 3. The van der Waals surface area contributed by atoms with Crippen LogP contribution in [0, 0.1) is 46.0 Å². The van der Waals surface area contributed by atoms with Gasteiger partial charge in [-0.1, -0.05) is 109 Å². The molecule has 0 unspecified atom stereocenters. The van der Waals surface area contributed by atoms with Crippen LogP contribution >= 0.6 is 0 Å². The number of hydrogen-bond acceptors (Lipinski definition) is 0. The minimum absolute atomic E-state index is 0.313. The van der Waals surface area contributed by atoms with Crippen molar-refractivity contribution in [2.75, 3.05) is 0 Å². The number of aryl methyl sites for hydroxylation is 9. The summed E-state index contributed by atoms with van der Waals surface area (Å²) < 4.78 is 6.83. The Morgan fingerprint density at radius 3 is 1.42 bits per heavy atom. The molecule has 0 atom stereocenters. The van der Waals surface area contributed by atoms with Crippen LogP contribution in [-0.2, 0) is 40.4 Å². The molecule has 0 amide bonds. The molecule has 0 spiro atoms. The van der Waals surface area contributed by atoms with Crippen molar-refractivity contribution in [3.63, 3.8) is 0 Å². The molecule has 1 saturated carbocycles. The van der Waals surface area contributed by atoms with Crippen molar-refractivity contribution in [3.8, 4) is 33.8 Å². The topological polar surface area (TPSA) is 11.6 Å². The van der Waals surface area contributed by atoms with Gasteiger partial charge >= 0.3 is 0 Å². The molecule has 0 N–H and O–H groups in total. The van der Waals surface area contributed by atoms with Crippen molar-refractivity contribution in [3.05, 3.63) is 160 Å². The smallest absolute Gasteiger partial charge is 0.201 e. The Labute approximate surface area is 365 Å². The van der Waals surface area contributed by atoms with Crippen LogP contribution in [0.25, 0.3) is 33.8 Å². The molecule has 0 bridgehead atoms. The van der Waals surface area contributed by atoms with Gasteiger partial charge in [0.1, 0.15) is 21.1 Å². The van der Waals surface area contributed by atoms with Gasteiger partial charge in [0.05, 0.1) is 0 Å². The highest BCUT2D eigenvalue weighted by Crippen LogP contribution is 2.36. The summed E-state index contributed by atoms with van der Waals surface area (Å²) in [6, 6.07) is 33.0. The summed E-state index contributed by atoms with van der Waals surface area (Å²) in [4.78, 5) is 0. The second kappa shape index (κ2) is 20.6. The summed E-state index contributed by atoms with van der Waals surface area (Å²) in [5.41, 5.74) is 21.1. The van der Waals surface area contributed by atoms with Gasteiger partial charge in [0.2, 0.25) is 17.1 Å². The third-order valence-electron chi connectivity index (χ3n) is 12.3. The molecule has 7 rings (SSSR count). The summed E-state index contributed by atoms with van der Waals surface area (Å²) in [6.07, 6.45) is 15.8. The molecule has 0 radical (unpaired) electrons. The van der Waals surface area contributed by atoms with E-state index in [4.69, 9.17) is 0 Å². The summed E-state index contributed by atoms with van der Waals surface area (Å²) in [7, 11) is 6.47. The summed E-state index contributed by atoms with van der Waals surface area (Å²) in [6.45, 7) is 24.8. The molecule has 3 nitrogen and oxygen atoms in total. The Balaban J connectivity index is 0.000000171. The quantitative estimate of drug-likeness (QED) is 0.136. The second-order valence-electron chi connectivity index (χ2n) is 19.3. The molecule has 0 saturated heterocycles. The highest BCUT2D eigenvalue weighted by molar-refractivity contribution is 5.63. The third-order valence-corrected chi connectivity index (χ3v) is 12.3. The van der Waals surface area contributed by atoms with Crippen molar-refractivity contribution < 1.29 is 13.7 Å². The van der Waals surface area contributed by atoms with E-state index in [2.05, 4.69) is 221 Å². The van der Waals surface area contributed by atoms with Crippen LogP contribution in [0.15, 0.2) is 110 Å². The van der Waals surface area contributed by atoms with Crippen LogP contribution in [-0.4, -0.2) is 0 Å². The van der Waals surface area contributed by atoms with E-state index in [0.29, 0.717) is 11.3 Å². The van der Waals surface area contributed by atoms with Gasteiger partial charge in [-0.3, -0.25) is 0 Å². The number of hydrogen-bond donors (Lipinski definition) is 0. The van der Waals surface area contributed by atoms with Gasteiger partial charge in [0, 0.05) is 51.6 Å². The van der Waals surface area contributed by atoms with E-state index in [-0.39, 0.29) is 0 Å². The molecule has 3 aromatic heterocycles. The fourth-order valence-corrected chi connectivity index (χ4v) is 9.10. The number of pyridine rings is 3. The lowest BCUT2D eigenvalue weighted by molar-refractivity contribution is -0.661. The lowest BCUT2D eigenvalue weighted by Gasteiger charge is -2.19. The predicted octanol–water partition coefficient (Wildman–Crippen LogP) is 13.1. The first-order chi connectivity index (χ1) is 28.5. The average Bonchev–Trinajstić information content (AvgIpc) is 3.73. The standard InChI is InChI=1S/C19H24N.2C19H26N/c1-14-8-4-7-11-17(14)19-12-15(2)18(13-20(19)3)16-9-5-6-10-16;1-14-9-7-8-10-17(14)18-11-16(12-19(3,4)5)15(2)13-20(18)6;1-6-16-12-19(18-10-8-7-9-15(18)4)20(5)13-17(16)11-14(2)3/h4,7-8,11-13,16H,5-6,9-10H2,1-3H3;7-11,13H,12H2,1-6H3;7-10,12-14H,6,11H2,1-5H3/q3*+1. The fraction of sp³-hybridized carbons (Fsp3) is 0.421. The zero-order valence-electron chi connectivity index (χ0n) is 39.8. The Bertz CT molecular complexity index is 2370. The minimum atomic E-state index is 0.313. The van der Waals surface area contributed by atoms with Crippen LogP contribution in [0.2, 0.25) is 0 Å². The second-order valence-corrected chi connectivity index (χ2v) is 19.3. The van der Waals surface area contributed by atoms with Crippen molar-refractivity contribution in [1.29, 1.82) is 0 Å². The maximum Gasteiger partial charge on any atom is 0.212 e. The van der Waals surface area contributed by atoms with Crippen LogP contribution < -0.4 is 13.7 Å². The Kier molecular flexibility index (Phi) is 15.8. The summed E-state index contributed by atoms with van der Waals surface area (Å²) >= 11 is 0. The largest absolute Gasteiger partial charge is 0.212 e. The minimum Gasteiger partial charge on any atom is -0.201 e. The lowest BCUT2D eigenvalue weighted by Crippen LogP contribution is -2.32. The molecular formula is C57H76N3+3. The van der Waals surface area contributed by atoms with Gasteiger partial charge < -0.3 is 0 Å². The van der Waals surface area contributed by atoms with E-state index in [1.54, 1.807) is 5.56 Å². The fourth-order valence-electron chi connectivity index (χ4n) is 9.10. The number of benzene rings is 3. The Morgan fingerprint density at radius 2 is 0.967 bits per heavy atom. The normalized spacial score (nSPS) is 12.8. The van der Waals surface area contributed by atoms with Gasteiger partial charge in [0.15, 0.2) is 18.6 Å². The first-order valence-corrected chi connectivity index (χ1v) is 22.7. The van der Waals surface area contributed by atoms with Gasteiger partial charge in [0.25, 0.3) is 0 Å². The van der Waals surface area contributed by atoms with Crippen molar-refractivity contribution >= 4 is 0 Å². The maximum absolute atomic E-state index is 2.38. The van der Waals surface area contributed by atoms with E-state index < -0.39 is 0 Å². The molecule has 3 aromatic carbocycles. The van der Waals surface area contributed by atoms with E-state index >= 15 is 0 Å². The molecule has 1 fully saturated rings. The highest BCUT2D eigenvalue weighted by Gasteiger charge is 2.24. The predicted molar refractivity (Wildman–Crippen MR) is 255 cm³/mol. The molecule has 3 heteroatoms. The Morgan fingerprint density at radius 1 is 0.533 bits per heavy atom. The third kappa shape index (κ3) is 11.9. The maximum atomic E-state index is 2.38. The molecule has 316 valence electrons. The first kappa shape index (κ1) is 46.2. The van der Waals surface area contributed by atoms with Crippen LogP contribution in [0.5, 0.6) is 0 Å². The van der Waals surface area contributed by atoms with Gasteiger partial charge in [-0.2, -0.15) is 0 Å². The molecule has 1 aliphatic rings. The van der Waals surface area contributed by atoms with Crippen LogP contribution in [0.3, 0.4) is 0 Å². The average molecular weight is 803 g/mol. The molecule has 1 aliphatic carbocycles. The summed E-state index contributed by atoms with van der Waals surface area (Å²) in [5.74, 6) is 1.48. The van der Waals surface area contributed by atoms with Crippen molar-refractivity contribution in [1.82, 2.24) is 0 Å². The Hall–Kier alpha value is -4.89. The summed E-state index contributed by atoms with van der Waals surface area (Å²) in [5, 5.41) is 0. The molecular weight excluding hydrogens is 727 g/mol. The zero-order valence-corrected chi connectivity index (χ0v) is 39.8. The first-order valence-electron chi connectivity index (χ1n) is 22.7. The number of rotatable bonds is 8. The lowest BCUT2D eigenvalue weighted by atomic mass is 9.86. The monoisotopic (exact) mass is 803 g/mol. The molecule has 6 aromatic rings. The SMILES string of the molecule is CCc1cc(-c2ccccc2C)[n+](C)cc1CC(C)C.Cc1c[n+](C)c(-c2ccccc2C)cc1CC(C)(C)C.Cc1ccccc1-c1cc(C)c(C2CCCC2)c[n+]1C. The molecule has 0 aliphatic heterocycles. The van der Waals surface area contributed by atoms with Crippen molar-refractivity contribution in [2.24, 2.45) is 32.5 Å². The zero-order chi connectivity index (χ0) is 43.7. The van der Waals surface area contributed by atoms with Crippen molar-refractivity contribution in [2.45, 2.75) is 127 Å². The van der Waals surface area contributed by atoms with Crippen LogP contribution in [0.1, 0.15) is 123 Å². The van der Waals surface area contributed by atoms with E-state index in [9.17, 15) is 0 Å². The van der Waals surface area contributed by atoms with E-state index in [0.717, 1.165) is 25.2 Å². The number of aromatic nitrogens is 3. The van der Waals surface area contributed by atoms with Gasteiger partial charge in [-0.05, 0) is 136 Å².